The van der Waals surface area contributed by atoms with E-state index >= 15 is 0 Å². The molecule has 2 N–H and O–H groups in total. The summed E-state index contributed by atoms with van der Waals surface area (Å²) in [7, 11) is -1.05. The molecule has 0 aliphatic carbocycles. The third-order valence-corrected chi connectivity index (χ3v) is 3.13. The zero-order valence-corrected chi connectivity index (χ0v) is 10.4. The monoisotopic (exact) mass is 243 g/mol. The first kappa shape index (κ1) is 12.9. The number of pyridine rings is 1. The molecule has 0 aromatic carbocycles. The van der Waals surface area contributed by atoms with Crippen molar-refractivity contribution < 1.29 is 8.42 Å². The zero-order valence-electron chi connectivity index (χ0n) is 9.55. The summed E-state index contributed by atoms with van der Waals surface area (Å²) in [5.74, 6) is 0.651. The minimum atomic E-state index is -2.91. The van der Waals surface area contributed by atoms with Gasteiger partial charge in [0.15, 0.2) is 0 Å². The fourth-order valence-electron chi connectivity index (χ4n) is 1.28. The molecule has 6 heteroatoms. The number of rotatable bonds is 5. The molecule has 0 saturated heterocycles. The van der Waals surface area contributed by atoms with Gasteiger partial charge in [-0.05, 0) is 13.1 Å². The first-order valence-corrected chi connectivity index (χ1v) is 7.00. The van der Waals surface area contributed by atoms with Crippen LogP contribution in [0.5, 0.6) is 0 Å². The molecule has 1 aromatic rings. The van der Waals surface area contributed by atoms with Gasteiger partial charge in [-0.2, -0.15) is 0 Å². The maximum Gasteiger partial charge on any atom is 0.148 e. The van der Waals surface area contributed by atoms with Crippen molar-refractivity contribution in [1.82, 2.24) is 9.88 Å². The Labute approximate surface area is 96.2 Å². The molecule has 90 valence electrons. The number of aromatic nitrogens is 1. The van der Waals surface area contributed by atoms with Gasteiger partial charge in [0.05, 0.1) is 5.75 Å². The number of hydrogen-bond acceptors (Lipinski definition) is 5. The van der Waals surface area contributed by atoms with E-state index in [-0.39, 0.29) is 5.75 Å². The first-order valence-electron chi connectivity index (χ1n) is 4.94. The van der Waals surface area contributed by atoms with Gasteiger partial charge in [0.2, 0.25) is 0 Å². The van der Waals surface area contributed by atoms with E-state index in [0.717, 1.165) is 5.56 Å². The van der Waals surface area contributed by atoms with E-state index in [9.17, 15) is 8.42 Å². The number of hydrogen-bond donors (Lipinski definition) is 1. The Balaban J connectivity index is 2.52. The highest BCUT2D eigenvalue weighted by atomic mass is 32.2. The number of anilines is 1. The third kappa shape index (κ3) is 4.59. The lowest BCUT2D eigenvalue weighted by Gasteiger charge is -2.16. The van der Waals surface area contributed by atoms with E-state index in [1.165, 1.54) is 6.26 Å². The molecule has 0 radical (unpaired) electrons. The van der Waals surface area contributed by atoms with Gasteiger partial charge >= 0.3 is 0 Å². The minimum absolute atomic E-state index is 0.156. The van der Waals surface area contributed by atoms with E-state index in [4.69, 9.17) is 5.73 Å². The number of nitrogens with two attached hydrogens (primary N) is 1. The minimum Gasteiger partial charge on any atom is -0.383 e. The molecule has 0 spiro atoms. The van der Waals surface area contributed by atoms with Gasteiger partial charge in [-0.3, -0.25) is 0 Å². The van der Waals surface area contributed by atoms with E-state index in [2.05, 4.69) is 4.98 Å². The van der Waals surface area contributed by atoms with E-state index in [0.29, 0.717) is 18.9 Å². The highest BCUT2D eigenvalue weighted by Crippen LogP contribution is 2.09. The molecule has 16 heavy (non-hydrogen) atoms. The van der Waals surface area contributed by atoms with Gasteiger partial charge < -0.3 is 10.6 Å². The summed E-state index contributed by atoms with van der Waals surface area (Å²) < 4.78 is 22.0. The summed E-state index contributed by atoms with van der Waals surface area (Å²) in [4.78, 5) is 5.89. The van der Waals surface area contributed by atoms with Crippen LogP contribution in [-0.2, 0) is 16.4 Å². The normalized spacial score (nSPS) is 11.9. The lowest BCUT2D eigenvalue weighted by atomic mass is 10.2. The second-order valence-electron chi connectivity index (χ2n) is 3.92. The average Bonchev–Trinajstić information content (AvgIpc) is 2.18. The van der Waals surface area contributed by atoms with Crippen LogP contribution in [0.1, 0.15) is 5.56 Å². The van der Waals surface area contributed by atoms with Gasteiger partial charge in [-0.25, -0.2) is 13.4 Å². The molecule has 0 aliphatic heterocycles. The molecule has 0 amide bonds. The lowest BCUT2D eigenvalue weighted by Crippen LogP contribution is -2.25. The van der Waals surface area contributed by atoms with Crippen molar-refractivity contribution in [2.75, 3.05) is 31.3 Å². The Morgan fingerprint density at radius 3 is 2.75 bits per heavy atom. The second kappa shape index (κ2) is 5.27. The van der Waals surface area contributed by atoms with Gasteiger partial charge in [-0.15, -0.1) is 0 Å². The standard InChI is InChI=1S/C10H17N3O2S/c1-13(6-7-16(2,14)15)8-9-4-3-5-12-10(9)11/h3-5H,6-8H2,1-2H3,(H2,11,12). The van der Waals surface area contributed by atoms with Crippen molar-refractivity contribution in [2.24, 2.45) is 0 Å². The molecular formula is C10H17N3O2S. The zero-order chi connectivity index (χ0) is 12.2. The van der Waals surface area contributed by atoms with Crippen LogP contribution in [0.3, 0.4) is 0 Å². The van der Waals surface area contributed by atoms with Crippen LogP contribution in [0.2, 0.25) is 0 Å². The molecule has 0 aliphatic rings. The summed E-state index contributed by atoms with van der Waals surface area (Å²) in [5.41, 5.74) is 6.61. The van der Waals surface area contributed by atoms with Crippen LogP contribution in [0.15, 0.2) is 18.3 Å². The van der Waals surface area contributed by atoms with Crippen LogP contribution >= 0.6 is 0 Å². The summed E-state index contributed by atoms with van der Waals surface area (Å²) in [6.45, 7) is 1.10. The molecule has 1 aromatic heterocycles. The number of sulfone groups is 1. The summed E-state index contributed by atoms with van der Waals surface area (Å²) in [5, 5.41) is 0. The molecule has 0 fully saturated rings. The number of nitrogens with zero attached hydrogens (tertiary/aromatic N) is 2. The molecule has 1 heterocycles. The fourth-order valence-corrected chi connectivity index (χ4v) is 1.92. The topological polar surface area (TPSA) is 76.3 Å². The quantitative estimate of drug-likeness (QED) is 0.796. The van der Waals surface area contributed by atoms with E-state index in [1.54, 1.807) is 6.20 Å². The third-order valence-electron chi connectivity index (χ3n) is 2.21. The largest absolute Gasteiger partial charge is 0.383 e. The smallest absolute Gasteiger partial charge is 0.148 e. The van der Waals surface area contributed by atoms with Crippen molar-refractivity contribution >= 4 is 15.7 Å². The second-order valence-corrected chi connectivity index (χ2v) is 6.18. The summed E-state index contributed by atoms with van der Waals surface area (Å²) in [6, 6.07) is 3.70. The predicted molar refractivity (Wildman–Crippen MR) is 64.7 cm³/mol. The molecule has 1 rings (SSSR count). The van der Waals surface area contributed by atoms with Crippen molar-refractivity contribution in [3.05, 3.63) is 23.9 Å². The molecule has 5 nitrogen and oxygen atoms in total. The van der Waals surface area contributed by atoms with Crippen LogP contribution < -0.4 is 5.73 Å². The van der Waals surface area contributed by atoms with Gasteiger partial charge in [0.25, 0.3) is 0 Å². The molecule has 0 bridgehead atoms. The van der Waals surface area contributed by atoms with Crippen LogP contribution in [0.4, 0.5) is 5.82 Å². The highest BCUT2D eigenvalue weighted by molar-refractivity contribution is 7.90. The Hall–Kier alpha value is -1.14. The van der Waals surface area contributed by atoms with Crippen molar-refractivity contribution in [1.29, 1.82) is 0 Å². The Morgan fingerprint density at radius 2 is 2.19 bits per heavy atom. The predicted octanol–water partition coefficient (Wildman–Crippen LogP) is 0.140. The lowest BCUT2D eigenvalue weighted by molar-refractivity contribution is 0.346. The molecule has 0 unspecified atom stereocenters. The highest BCUT2D eigenvalue weighted by Gasteiger charge is 2.07. The van der Waals surface area contributed by atoms with Crippen LogP contribution in [-0.4, -0.2) is 43.9 Å². The maximum atomic E-state index is 11.0. The average molecular weight is 243 g/mol. The first-order chi connectivity index (χ1) is 7.38. The van der Waals surface area contributed by atoms with Crippen LogP contribution in [0.25, 0.3) is 0 Å². The van der Waals surface area contributed by atoms with Crippen molar-refractivity contribution in [3.63, 3.8) is 0 Å². The van der Waals surface area contributed by atoms with Crippen LogP contribution in [0, 0.1) is 0 Å². The summed E-state index contributed by atoms with van der Waals surface area (Å²) >= 11 is 0. The van der Waals surface area contributed by atoms with Gasteiger partial charge in [0, 0.05) is 31.1 Å². The molecule has 0 saturated carbocycles. The van der Waals surface area contributed by atoms with E-state index in [1.807, 2.05) is 24.1 Å². The van der Waals surface area contributed by atoms with E-state index < -0.39 is 9.84 Å². The molecule has 0 atom stereocenters. The number of nitrogen functional groups attached to an aromatic ring is 1. The van der Waals surface area contributed by atoms with Gasteiger partial charge in [0.1, 0.15) is 15.7 Å². The molecular weight excluding hydrogens is 226 g/mol. The Kier molecular flexibility index (Phi) is 4.26. The van der Waals surface area contributed by atoms with Crippen molar-refractivity contribution in [2.45, 2.75) is 6.54 Å². The maximum absolute atomic E-state index is 11.0. The van der Waals surface area contributed by atoms with Crippen molar-refractivity contribution in [3.8, 4) is 0 Å². The van der Waals surface area contributed by atoms with Gasteiger partial charge in [-0.1, -0.05) is 6.07 Å². The Morgan fingerprint density at radius 1 is 1.50 bits per heavy atom. The Bertz CT molecular complexity index is 445. The summed E-state index contributed by atoms with van der Waals surface area (Å²) in [6.07, 6.45) is 2.87. The SMILES string of the molecule is CN(CCS(C)(=O)=O)Cc1cccnc1N. The fraction of sp³-hybridized carbons (Fsp3) is 0.500.